The zero-order chi connectivity index (χ0) is 15.2. The van der Waals surface area contributed by atoms with Gasteiger partial charge < -0.3 is 14.8 Å². The van der Waals surface area contributed by atoms with Crippen LogP contribution in [0.1, 0.15) is 33.7 Å². The molecule has 21 heavy (non-hydrogen) atoms. The molecule has 1 aromatic heterocycles. The van der Waals surface area contributed by atoms with Crippen molar-refractivity contribution >= 4 is 11.6 Å². The van der Waals surface area contributed by atoms with E-state index in [4.69, 9.17) is 9.52 Å². The summed E-state index contributed by atoms with van der Waals surface area (Å²) in [7, 11) is 0. The van der Waals surface area contributed by atoms with Crippen molar-refractivity contribution < 1.29 is 14.3 Å². The summed E-state index contributed by atoms with van der Waals surface area (Å²) in [4.78, 5) is 12.2. The maximum Gasteiger partial charge on any atom is 0.291 e. The third-order valence-electron chi connectivity index (χ3n) is 2.95. The highest BCUT2D eigenvalue weighted by atomic mass is 16.3. The Bertz CT molecular complexity index is 704. The zero-order valence-corrected chi connectivity index (χ0v) is 12.1. The van der Waals surface area contributed by atoms with Crippen LogP contribution in [0.15, 0.2) is 34.9 Å². The summed E-state index contributed by atoms with van der Waals surface area (Å²) in [5.74, 6) is 5.81. The van der Waals surface area contributed by atoms with E-state index in [1.165, 1.54) is 6.26 Å². The SMILES string of the molecule is Cc1ccc(C#CCCO)c(NC(=O)c2occc2C)c1. The van der Waals surface area contributed by atoms with E-state index >= 15 is 0 Å². The van der Waals surface area contributed by atoms with E-state index in [1.807, 2.05) is 32.0 Å². The molecule has 0 atom stereocenters. The maximum absolute atomic E-state index is 12.2. The topological polar surface area (TPSA) is 62.5 Å². The third-order valence-corrected chi connectivity index (χ3v) is 2.95. The molecule has 0 aliphatic heterocycles. The Kier molecular flexibility index (Phi) is 4.81. The van der Waals surface area contributed by atoms with Gasteiger partial charge in [-0.3, -0.25) is 4.79 Å². The normalized spacial score (nSPS) is 9.86. The lowest BCUT2D eigenvalue weighted by atomic mass is 10.1. The summed E-state index contributed by atoms with van der Waals surface area (Å²) in [6, 6.07) is 7.38. The van der Waals surface area contributed by atoms with Gasteiger partial charge in [-0.15, -0.1) is 0 Å². The Hall–Kier alpha value is -2.51. The monoisotopic (exact) mass is 283 g/mol. The lowest BCUT2D eigenvalue weighted by Crippen LogP contribution is -2.13. The van der Waals surface area contributed by atoms with Crippen LogP contribution in [-0.4, -0.2) is 17.6 Å². The number of nitrogens with one attached hydrogen (secondary N) is 1. The highest BCUT2D eigenvalue weighted by Gasteiger charge is 2.14. The standard InChI is InChI=1S/C17H17NO3/c1-12-6-7-14(5-3-4-9-19)15(11-12)18-17(20)16-13(2)8-10-21-16/h6-8,10-11,19H,4,9H2,1-2H3,(H,18,20). The molecule has 0 saturated heterocycles. The number of rotatable bonds is 3. The van der Waals surface area contributed by atoms with E-state index in [9.17, 15) is 4.79 Å². The molecule has 0 aliphatic rings. The van der Waals surface area contributed by atoms with Gasteiger partial charge in [0.15, 0.2) is 5.76 Å². The number of hydrogen-bond acceptors (Lipinski definition) is 3. The second-order valence-electron chi connectivity index (χ2n) is 4.71. The molecule has 1 amide bonds. The van der Waals surface area contributed by atoms with E-state index in [2.05, 4.69) is 17.2 Å². The van der Waals surface area contributed by atoms with Crippen molar-refractivity contribution in [1.29, 1.82) is 0 Å². The Balaban J connectivity index is 2.27. The van der Waals surface area contributed by atoms with Gasteiger partial charge in [-0.25, -0.2) is 0 Å². The number of carbonyl (C=O) groups is 1. The summed E-state index contributed by atoms with van der Waals surface area (Å²) >= 11 is 0. The van der Waals surface area contributed by atoms with Crippen LogP contribution in [-0.2, 0) is 0 Å². The minimum absolute atomic E-state index is 0.0200. The van der Waals surface area contributed by atoms with Gasteiger partial charge in [-0.05, 0) is 37.6 Å². The van der Waals surface area contributed by atoms with Gasteiger partial charge in [0, 0.05) is 17.5 Å². The summed E-state index contributed by atoms with van der Waals surface area (Å²) in [6.45, 7) is 3.78. The van der Waals surface area contributed by atoms with E-state index < -0.39 is 0 Å². The molecule has 0 spiro atoms. The highest BCUT2D eigenvalue weighted by Crippen LogP contribution is 2.19. The number of carbonyl (C=O) groups excluding carboxylic acids is 1. The molecule has 0 saturated carbocycles. The summed E-state index contributed by atoms with van der Waals surface area (Å²) < 4.78 is 5.19. The van der Waals surface area contributed by atoms with Crippen LogP contribution in [0, 0.1) is 25.7 Å². The van der Waals surface area contributed by atoms with E-state index in [0.717, 1.165) is 11.1 Å². The van der Waals surface area contributed by atoms with Crippen LogP contribution >= 0.6 is 0 Å². The molecule has 0 aliphatic carbocycles. The molecule has 1 heterocycles. The molecule has 0 radical (unpaired) electrons. The number of anilines is 1. The second kappa shape index (κ2) is 6.78. The van der Waals surface area contributed by atoms with Crippen molar-refractivity contribution in [3.05, 3.63) is 53.0 Å². The number of aryl methyl sites for hydroxylation is 2. The van der Waals surface area contributed by atoms with Crippen LogP contribution in [0.4, 0.5) is 5.69 Å². The fourth-order valence-electron chi connectivity index (χ4n) is 1.87. The first-order chi connectivity index (χ1) is 10.1. The molecule has 4 heteroatoms. The Morgan fingerprint density at radius 1 is 1.33 bits per heavy atom. The average Bonchev–Trinajstić information content (AvgIpc) is 2.88. The molecule has 0 bridgehead atoms. The minimum Gasteiger partial charge on any atom is -0.459 e. The second-order valence-corrected chi connectivity index (χ2v) is 4.71. The number of hydrogen-bond donors (Lipinski definition) is 2. The molecule has 0 fully saturated rings. The van der Waals surface area contributed by atoms with Crippen LogP contribution < -0.4 is 5.32 Å². The number of aliphatic hydroxyl groups is 1. The predicted octanol–water partition coefficient (Wildman–Crippen LogP) is 2.88. The molecule has 2 aromatic rings. The third kappa shape index (κ3) is 3.74. The molecule has 108 valence electrons. The average molecular weight is 283 g/mol. The Labute approximate surface area is 123 Å². The van der Waals surface area contributed by atoms with Gasteiger partial charge in [-0.2, -0.15) is 0 Å². The quantitative estimate of drug-likeness (QED) is 0.851. The predicted molar refractivity (Wildman–Crippen MR) is 81.2 cm³/mol. The zero-order valence-electron chi connectivity index (χ0n) is 12.1. The molecule has 2 N–H and O–H groups in total. The van der Waals surface area contributed by atoms with Gasteiger partial charge in [0.2, 0.25) is 0 Å². The molecule has 0 unspecified atom stereocenters. The molecule has 2 rings (SSSR count). The first kappa shape index (κ1) is 14.9. The van der Waals surface area contributed by atoms with Crippen molar-refractivity contribution in [2.24, 2.45) is 0 Å². The fraction of sp³-hybridized carbons (Fsp3) is 0.235. The number of benzene rings is 1. The highest BCUT2D eigenvalue weighted by molar-refractivity contribution is 6.03. The number of amides is 1. The largest absolute Gasteiger partial charge is 0.459 e. The molecule has 1 aromatic carbocycles. The first-order valence-corrected chi connectivity index (χ1v) is 6.67. The fourth-order valence-corrected chi connectivity index (χ4v) is 1.87. The lowest BCUT2D eigenvalue weighted by Gasteiger charge is -2.08. The van der Waals surface area contributed by atoms with E-state index in [1.54, 1.807) is 6.07 Å². The number of furan rings is 1. The minimum atomic E-state index is -0.298. The van der Waals surface area contributed by atoms with Crippen molar-refractivity contribution in [3.8, 4) is 11.8 Å². The van der Waals surface area contributed by atoms with Gasteiger partial charge in [0.05, 0.1) is 18.6 Å². The molecule has 4 nitrogen and oxygen atoms in total. The molecular weight excluding hydrogens is 266 g/mol. The van der Waals surface area contributed by atoms with Crippen LogP contribution in [0.25, 0.3) is 0 Å². The summed E-state index contributed by atoms with van der Waals surface area (Å²) in [5, 5.41) is 11.6. The van der Waals surface area contributed by atoms with Gasteiger partial charge in [0.25, 0.3) is 5.91 Å². The van der Waals surface area contributed by atoms with Crippen molar-refractivity contribution in [2.45, 2.75) is 20.3 Å². The summed E-state index contributed by atoms with van der Waals surface area (Å²) in [5.41, 5.74) is 3.16. The lowest BCUT2D eigenvalue weighted by molar-refractivity contribution is 0.0996. The Morgan fingerprint density at radius 3 is 2.81 bits per heavy atom. The van der Waals surface area contributed by atoms with Gasteiger partial charge in [-0.1, -0.05) is 17.9 Å². The molecular formula is C17H17NO3. The van der Waals surface area contributed by atoms with Crippen molar-refractivity contribution in [2.75, 3.05) is 11.9 Å². The van der Waals surface area contributed by atoms with Gasteiger partial charge >= 0.3 is 0 Å². The van der Waals surface area contributed by atoms with E-state index in [-0.39, 0.29) is 12.5 Å². The van der Waals surface area contributed by atoms with Gasteiger partial charge in [0.1, 0.15) is 0 Å². The first-order valence-electron chi connectivity index (χ1n) is 6.67. The van der Waals surface area contributed by atoms with Crippen LogP contribution in [0.5, 0.6) is 0 Å². The Morgan fingerprint density at radius 2 is 2.14 bits per heavy atom. The maximum atomic E-state index is 12.2. The van der Waals surface area contributed by atoms with Crippen molar-refractivity contribution in [3.63, 3.8) is 0 Å². The summed E-state index contributed by atoms with van der Waals surface area (Å²) in [6.07, 6.45) is 1.89. The number of aliphatic hydroxyl groups excluding tert-OH is 1. The van der Waals surface area contributed by atoms with Crippen LogP contribution in [0.2, 0.25) is 0 Å². The van der Waals surface area contributed by atoms with E-state index in [0.29, 0.717) is 23.4 Å². The van der Waals surface area contributed by atoms with Crippen LogP contribution in [0.3, 0.4) is 0 Å². The smallest absolute Gasteiger partial charge is 0.291 e. The van der Waals surface area contributed by atoms with Crippen molar-refractivity contribution in [1.82, 2.24) is 0 Å².